The van der Waals surface area contributed by atoms with Crippen molar-refractivity contribution < 1.29 is 18.3 Å². The molecule has 0 heterocycles. The second-order valence-electron chi connectivity index (χ2n) is 5.78. The molecule has 0 amide bonds. The fourth-order valence-electron chi connectivity index (χ4n) is 2.63. The van der Waals surface area contributed by atoms with Gasteiger partial charge >= 0.3 is 5.97 Å². The SMILES string of the molecule is N#Cc1ccccc1-c1ccc(S(=O)(=O)Nc2ccc(Cl)cc2C(=O)O)cc1. The molecule has 0 aromatic heterocycles. The van der Waals surface area contributed by atoms with E-state index in [1.165, 1.54) is 30.3 Å². The summed E-state index contributed by atoms with van der Waals surface area (Å²) in [5.74, 6) is -1.30. The minimum Gasteiger partial charge on any atom is -0.478 e. The van der Waals surface area contributed by atoms with Gasteiger partial charge in [0.2, 0.25) is 0 Å². The van der Waals surface area contributed by atoms with Crippen molar-refractivity contribution in [3.05, 3.63) is 82.9 Å². The lowest BCUT2D eigenvalue weighted by Gasteiger charge is -2.12. The van der Waals surface area contributed by atoms with E-state index in [0.29, 0.717) is 16.7 Å². The van der Waals surface area contributed by atoms with Crippen molar-refractivity contribution in [2.45, 2.75) is 4.90 Å². The van der Waals surface area contributed by atoms with E-state index in [1.807, 2.05) is 0 Å². The summed E-state index contributed by atoms with van der Waals surface area (Å²) < 4.78 is 27.6. The summed E-state index contributed by atoms with van der Waals surface area (Å²) in [5, 5.41) is 18.6. The maximum absolute atomic E-state index is 12.6. The van der Waals surface area contributed by atoms with Crippen molar-refractivity contribution >= 4 is 33.3 Å². The standard InChI is InChI=1S/C20H13ClN2O4S/c21-15-7-10-19(18(11-15)20(24)25)23-28(26,27)16-8-5-13(6-9-16)17-4-2-1-3-14(17)12-22/h1-11,23H,(H,24,25). The van der Waals surface area contributed by atoms with Crippen molar-refractivity contribution in [3.8, 4) is 17.2 Å². The Morgan fingerprint density at radius 2 is 1.71 bits per heavy atom. The number of benzene rings is 3. The van der Waals surface area contributed by atoms with Gasteiger partial charge in [-0.2, -0.15) is 5.26 Å². The molecule has 2 N–H and O–H groups in total. The van der Waals surface area contributed by atoms with Crippen molar-refractivity contribution in [3.63, 3.8) is 0 Å². The molecule has 0 saturated heterocycles. The molecular formula is C20H13ClN2O4S. The highest BCUT2D eigenvalue weighted by molar-refractivity contribution is 7.92. The molecule has 3 rings (SSSR count). The van der Waals surface area contributed by atoms with Crippen LogP contribution in [-0.2, 0) is 10.0 Å². The Labute approximate surface area is 166 Å². The van der Waals surface area contributed by atoms with E-state index in [1.54, 1.807) is 36.4 Å². The zero-order chi connectivity index (χ0) is 20.3. The molecule has 0 fully saturated rings. The summed E-state index contributed by atoms with van der Waals surface area (Å²) in [6.07, 6.45) is 0. The maximum Gasteiger partial charge on any atom is 0.337 e. The van der Waals surface area contributed by atoms with Gasteiger partial charge in [-0.15, -0.1) is 0 Å². The fraction of sp³-hybridized carbons (Fsp3) is 0. The quantitative estimate of drug-likeness (QED) is 0.646. The van der Waals surface area contributed by atoms with E-state index in [-0.39, 0.29) is 21.2 Å². The third-order valence-electron chi connectivity index (χ3n) is 3.98. The number of aromatic carboxylic acids is 1. The van der Waals surface area contributed by atoms with Gasteiger partial charge < -0.3 is 5.11 Å². The van der Waals surface area contributed by atoms with E-state index >= 15 is 0 Å². The number of carboxylic acids is 1. The van der Waals surface area contributed by atoms with Crippen LogP contribution >= 0.6 is 11.6 Å². The lowest BCUT2D eigenvalue weighted by molar-refractivity contribution is 0.0698. The summed E-state index contributed by atoms with van der Waals surface area (Å²) in [7, 11) is -4.02. The van der Waals surface area contributed by atoms with Crippen LogP contribution in [0.3, 0.4) is 0 Å². The lowest BCUT2D eigenvalue weighted by Crippen LogP contribution is -2.15. The molecule has 0 bridgehead atoms. The lowest BCUT2D eigenvalue weighted by atomic mass is 10.0. The molecule has 0 aliphatic rings. The second-order valence-corrected chi connectivity index (χ2v) is 7.90. The third kappa shape index (κ3) is 3.98. The average molecular weight is 413 g/mol. The monoisotopic (exact) mass is 412 g/mol. The predicted octanol–water partition coefficient (Wildman–Crippen LogP) is 4.38. The van der Waals surface area contributed by atoms with Crippen molar-refractivity contribution in [2.75, 3.05) is 4.72 Å². The van der Waals surface area contributed by atoms with Gasteiger partial charge in [0.25, 0.3) is 10.0 Å². The highest BCUT2D eigenvalue weighted by Gasteiger charge is 2.19. The Kier molecular flexibility index (Phi) is 5.36. The number of rotatable bonds is 5. The summed E-state index contributed by atoms with van der Waals surface area (Å²) >= 11 is 5.79. The Morgan fingerprint density at radius 1 is 1.04 bits per heavy atom. The normalized spacial score (nSPS) is 10.9. The number of carbonyl (C=O) groups is 1. The van der Waals surface area contributed by atoms with Crippen LogP contribution in [0.1, 0.15) is 15.9 Å². The van der Waals surface area contributed by atoms with Crippen molar-refractivity contribution in [2.24, 2.45) is 0 Å². The van der Waals surface area contributed by atoms with Crippen LogP contribution in [0, 0.1) is 11.3 Å². The molecule has 8 heteroatoms. The van der Waals surface area contributed by atoms with Crippen LogP contribution in [0.2, 0.25) is 5.02 Å². The van der Waals surface area contributed by atoms with Crippen LogP contribution in [0.4, 0.5) is 5.69 Å². The first kappa shape index (κ1) is 19.4. The number of hydrogen-bond acceptors (Lipinski definition) is 4. The Hall–Kier alpha value is -3.34. The second kappa shape index (κ2) is 7.72. The van der Waals surface area contributed by atoms with Gasteiger partial charge in [-0.1, -0.05) is 41.9 Å². The van der Waals surface area contributed by atoms with Gasteiger partial charge in [-0.25, -0.2) is 13.2 Å². The number of halogens is 1. The first-order valence-electron chi connectivity index (χ1n) is 7.97. The zero-order valence-electron chi connectivity index (χ0n) is 14.3. The molecule has 0 radical (unpaired) electrons. The van der Waals surface area contributed by atoms with E-state index in [0.717, 1.165) is 0 Å². The van der Waals surface area contributed by atoms with Crippen LogP contribution < -0.4 is 4.72 Å². The average Bonchev–Trinajstić information content (AvgIpc) is 2.69. The molecule has 140 valence electrons. The molecule has 0 aliphatic carbocycles. The van der Waals surface area contributed by atoms with Gasteiger partial charge in [0.15, 0.2) is 0 Å². The fourth-order valence-corrected chi connectivity index (χ4v) is 3.88. The number of nitrogens with one attached hydrogen (secondary N) is 1. The summed E-state index contributed by atoms with van der Waals surface area (Å²) in [5.41, 5.74) is 1.51. The van der Waals surface area contributed by atoms with Gasteiger partial charge in [-0.3, -0.25) is 4.72 Å². The molecule has 3 aromatic carbocycles. The number of nitrogens with zero attached hydrogens (tertiary/aromatic N) is 1. The number of hydrogen-bond donors (Lipinski definition) is 2. The van der Waals surface area contributed by atoms with Gasteiger partial charge in [-0.05, 0) is 47.5 Å². The highest BCUT2D eigenvalue weighted by atomic mass is 35.5. The smallest absolute Gasteiger partial charge is 0.337 e. The number of carboxylic acid groups (broad SMARTS) is 1. The third-order valence-corrected chi connectivity index (χ3v) is 5.60. The Bertz CT molecular complexity index is 1200. The predicted molar refractivity (Wildman–Crippen MR) is 106 cm³/mol. The highest BCUT2D eigenvalue weighted by Crippen LogP contribution is 2.27. The maximum atomic E-state index is 12.6. The van der Waals surface area contributed by atoms with E-state index in [9.17, 15) is 23.6 Å². The molecular weight excluding hydrogens is 400 g/mol. The van der Waals surface area contributed by atoms with Crippen molar-refractivity contribution in [1.82, 2.24) is 0 Å². The van der Waals surface area contributed by atoms with Crippen LogP contribution in [0.25, 0.3) is 11.1 Å². The largest absolute Gasteiger partial charge is 0.478 e. The Balaban J connectivity index is 1.94. The van der Waals surface area contributed by atoms with E-state index < -0.39 is 16.0 Å². The minimum atomic E-state index is -4.02. The molecule has 0 unspecified atom stereocenters. The summed E-state index contributed by atoms with van der Waals surface area (Å²) in [6, 6.07) is 18.9. The topological polar surface area (TPSA) is 107 Å². The molecule has 3 aromatic rings. The number of nitriles is 1. The van der Waals surface area contributed by atoms with Crippen molar-refractivity contribution in [1.29, 1.82) is 5.26 Å². The van der Waals surface area contributed by atoms with Gasteiger partial charge in [0, 0.05) is 5.02 Å². The molecule has 6 nitrogen and oxygen atoms in total. The molecule has 0 atom stereocenters. The van der Waals surface area contributed by atoms with E-state index in [4.69, 9.17) is 11.6 Å². The first-order valence-corrected chi connectivity index (χ1v) is 9.83. The Morgan fingerprint density at radius 3 is 2.36 bits per heavy atom. The zero-order valence-corrected chi connectivity index (χ0v) is 15.8. The van der Waals surface area contributed by atoms with Gasteiger partial charge in [0.05, 0.1) is 27.8 Å². The van der Waals surface area contributed by atoms with E-state index in [2.05, 4.69) is 10.8 Å². The summed E-state index contributed by atoms with van der Waals surface area (Å²) in [4.78, 5) is 11.3. The van der Waals surface area contributed by atoms with Gasteiger partial charge in [0.1, 0.15) is 0 Å². The molecule has 28 heavy (non-hydrogen) atoms. The van der Waals surface area contributed by atoms with Crippen LogP contribution in [-0.4, -0.2) is 19.5 Å². The first-order chi connectivity index (χ1) is 13.3. The summed E-state index contributed by atoms with van der Waals surface area (Å²) in [6.45, 7) is 0. The number of sulfonamides is 1. The molecule has 0 spiro atoms. The number of anilines is 1. The van der Waals surface area contributed by atoms with Crippen LogP contribution in [0.15, 0.2) is 71.6 Å². The minimum absolute atomic E-state index is 0.0445. The molecule has 0 aliphatic heterocycles. The van der Waals surface area contributed by atoms with Crippen LogP contribution in [0.5, 0.6) is 0 Å². The molecule has 0 saturated carbocycles.